The Hall–Kier alpha value is -2.57. The number of methoxy groups -OCH3 is 1. The number of hydrogen-bond acceptors (Lipinski definition) is 5. The Kier molecular flexibility index (Phi) is 4.69. The third-order valence-corrected chi connectivity index (χ3v) is 4.40. The Morgan fingerprint density at radius 3 is 3.00 bits per heavy atom. The van der Waals surface area contributed by atoms with E-state index in [1.165, 1.54) is 0 Å². The highest BCUT2D eigenvalue weighted by atomic mass is 16.6. The molecule has 3 rings (SSSR count). The van der Waals surface area contributed by atoms with Gasteiger partial charge in [0.15, 0.2) is 0 Å². The molecule has 2 amide bonds. The van der Waals surface area contributed by atoms with Crippen LogP contribution in [0, 0.1) is 12.8 Å². The lowest BCUT2D eigenvalue weighted by Crippen LogP contribution is -2.39. The molecule has 1 aliphatic rings. The van der Waals surface area contributed by atoms with Crippen LogP contribution in [0.3, 0.4) is 0 Å². The molecule has 1 fully saturated rings. The van der Waals surface area contributed by atoms with Crippen molar-refractivity contribution in [1.82, 2.24) is 20.5 Å². The minimum absolute atomic E-state index is 0.0478. The third kappa shape index (κ3) is 3.34. The van der Waals surface area contributed by atoms with Crippen LogP contribution in [0.1, 0.15) is 36.3 Å². The Balaban J connectivity index is 1.72. The van der Waals surface area contributed by atoms with Crippen molar-refractivity contribution in [2.24, 2.45) is 5.92 Å². The smallest absolute Gasteiger partial charge is 0.318 e. The van der Waals surface area contributed by atoms with E-state index in [1.807, 2.05) is 29.2 Å². The molecule has 2 unspecified atom stereocenters. The Labute approximate surface area is 140 Å². The first kappa shape index (κ1) is 16.3. The summed E-state index contributed by atoms with van der Waals surface area (Å²) in [5, 5.41) is 10.4. The fraction of sp³-hybridized carbons (Fsp3) is 0.471. The van der Waals surface area contributed by atoms with Crippen LogP contribution in [0.5, 0.6) is 5.75 Å². The van der Waals surface area contributed by atoms with Gasteiger partial charge in [0.2, 0.25) is 0 Å². The molecular formula is C17H22N4O3. The standard InChI is InChI=1S/C17H22N4O3/c1-11-7-16(13-5-4-6-14(8-13)23-3)21(10-11)17(22)18-9-15-12(2)19-24-20-15/h4-6,8,11,16H,7,9-10H2,1-3H3,(H,18,22). The lowest BCUT2D eigenvalue weighted by atomic mass is 10.0. The average Bonchev–Trinajstić information content (AvgIpc) is 3.18. The van der Waals surface area contributed by atoms with E-state index in [9.17, 15) is 4.79 Å². The first-order chi connectivity index (χ1) is 11.6. The monoisotopic (exact) mass is 330 g/mol. The number of rotatable bonds is 4. The van der Waals surface area contributed by atoms with Crippen LogP contribution < -0.4 is 10.1 Å². The molecule has 0 saturated carbocycles. The summed E-state index contributed by atoms with van der Waals surface area (Å²) < 4.78 is 9.96. The summed E-state index contributed by atoms with van der Waals surface area (Å²) in [4.78, 5) is 14.5. The van der Waals surface area contributed by atoms with Crippen molar-refractivity contribution >= 4 is 6.03 Å². The highest BCUT2D eigenvalue weighted by molar-refractivity contribution is 5.75. The molecule has 0 bridgehead atoms. The Morgan fingerprint density at radius 1 is 1.46 bits per heavy atom. The van der Waals surface area contributed by atoms with Crippen molar-refractivity contribution in [3.8, 4) is 5.75 Å². The van der Waals surface area contributed by atoms with Crippen LogP contribution in [0.25, 0.3) is 0 Å². The van der Waals surface area contributed by atoms with Crippen molar-refractivity contribution < 1.29 is 14.2 Å². The van der Waals surface area contributed by atoms with Crippen LogP contribution in [0.15, 0.2) is 28.9 Å². The number of urea groups is 1. The number of aryl methyl sites for hydroxylation is 1. The van der Waals surface area contributed by atoms with Gasteiger partial charge < -0.3 is 15.0 Å². The fourth-order valence-corrected chi connectivity index (χ4v) is 3.11. The summed E-state index contributed by atoms with van der Waals surface area (Å²) in [6.07, 6.45) is 0.936. The zero-order valence-electron chi connectivity index (χ0n) is 14.2. The molecule has 2 heterocycles. The number of hydrogen-bond donors (Lipinski definition) is 1. The number of likely N-dealkylation sites (tertiary alicyclic amines) is 1. The summed E-state index contributed by atoms with van der Waals surface area (Å²) in [5.41, 5.74) is 2.43. The van der Waals surface area contributed by atoms with E-state index >= 15 is 0 Å². The van der Waals surface area contributed by atoms with Gasteiger partial charge >= 0.3 is 6.03 Å². The molecule has 24 heavy (non-hydrogen) atoms. The van der Waals surface area contributed by atoms with Crippen LogP contribution in [0.2, 0.25) is 0 Å². The third-order valence-electron chi connectivity index (χ3n) is 4.40. The van der Waals surface area contributed by atoms with Gasteiger partial charge in [0.1, 0.15) is 17.1 Å². The lowest BCUT2D eigenvalue weighted by Gasteiger charge is -2.25. The van der Waals surface area contributed by atoms with Gasteiger partial charge in [-0.15, -0.1) is 0 Å². The molecule has 1 aromatic carbocycles. The quantitative estimate of drug-likeness (QED) is 0.932. The molecule has 2 aromatic rings. The van der Waals surface area contributed by atoms with Gasteiger partial charge in [-0.2, -0.15) is 0 Å². The molecule has 128 valence electrons. The minimum atomic E-state index is -0.102. The number of ether oxygens (including phenoxy) is 1. The van der Waals surface area contributed by atoms with E-state index in [2.05, 4.69) is 27.2 Å². The largest absolute Gasteiger partial charge is 0.497 e. The van der Waals surface area contributed by atoms with Crippen molar-refractivity contribution in [3.63, 3.8) is 0 Å². The van der Waals surface area contributed by atoms with Gasteiger partial charge in [-0.1, -0.05) is 29.4 Å². The van der Waals surface area contributed by atoms with E-state index in [4.69, 9.17) is 4.74 Å². The second-order valence-electron chi connectivity index (χ2n) is 6.24. The number of benzene rings is 1. The zero-order chi connectivity index (χ0) is 17.1. The minimum Gasteiger partial charge on any atom is -0.497 e. The Morgan fingerprint density at radius 2 is 2.29 bits per heavy atom. The molecule has 1 saturated heterocycles. The fourth-order valence-electron chi connectivity index (χ4n) is 3.11. The topological polar surface area (TPSA) is 80.5 Å². The second kappa shape index (κ2) is 6.90. The van der Waals surface area contributed by atoms with E-state index in [1.54, 1.807) is 14.0 Å². The molecule has 0 spiro atoms. The maximum atomic E-state index is 12.6. The molecule has 1 N–H and O–H groups in total. The van der Waals surface area contributed by atoms with Gasteiger partial charge in [0.05, 0.1) is 19.7 Å². The molecular weight excluding hydrogens is 308 g/mol. The maximum Gasteiger partial charge on any atom is 0.318 e. The predicted octanol–water partition coefficient (Wildman–Crippen LogP) is 2.68. The number of nitrogens with zero attached hydrogens (tertiary/aromatic N) is 3. The van der Waals surface area contributed by atoms with E-state index < -0.39 is 0 Å². The molecule has 1 aliphatic heterocycles. The normalized spacial score (nSPS) is 20.2. The van der Waals surface area contributed by atoms with E-state index in [0.29, 0.717) is 23.9 Å². The summed E-state index contributed by atoms with van der Waals surface area (Å²) in [6.45, 7) is 4.99. The van der Waals surface area contributed by atoms with E-state index in [-0.39, 0.29) is 12.1 Å². The number of carbonyl (C=O) groups is 1. The number of amides is 2. The van der Waals surface area contributed by atoms with Crippen molar-refractivity contribution in [3.05, 3.63) is 41.2 Å². The lowest BCUT2D eigenvalue weighted by molar-refractivity contribution is 0.191. The van der Waals surface area contributed by atoms with Gasteiger partial charge in [0, 0.05) is 6.54 Å². The first-order valence-corrected chi connectivity index (χ1v) is 8.05. The SMILES string of the molecule is COc1cccc(C2CC(C)CN2C(=O)NCc2nonc2C)c1. The molecule has 0 radical (unpaired) electrons. The highest BCUT2D eigenvalue weighted by Gasteiger charge is 2.34. The maximum absolute atomic E-state index is 12.6. The van der Waals surface area contributed by atoms with Gasteiger partial charge in [-0.05, 0) is 37.0 Å². The Bertz CT molecular complexity index is 715. The number of carbonyl (C=O) groups excluding carboxylic acids is 1. The second-order valence-corrected chi connectivity index (χ2v) is 6.24. The van der Waals surface area contributed by atoms with Gasteiger partial charge in [-0.3, -0.25) is 0 Å². The zero-order valence-corrected chi connectivity index (χ0v) is 14.2. The molecule has 2 atom stereocenters. The van der Waals surface area contributed by atoms with E-state index in [0.717, 1.165) is 24.3 Å². The first-order valence-electron chi connectivity index (χ1n) is 8.05. The number of nitrogens with one attached hydrogen (secondary N) is 1. The van der Waals surface area contributed by atoms with Crippen LogP contribution in [-0.2, 0) is 6.54 Å². The van der Waals surface area contributed by atoms with Crippen LogP contribution >= 0.6 is 0 Å². The van der Waals surface area contributed by atoms with Crippen LogP contribution in [-0.4, -0.2) is 34.9 Å². The highest BCUT2D eigenvalue weighted by Crippen LogP contribution is 2.36. The molecule has 1 aromatic heterocycles. The summed E-state index contributed by atoms with van der Waals surface area (Å²) in [7, 11) is 1.65. The summed E-state index contributed by atoms with van der Waals surface area (Å²) in [5.74, 6) is 1.25. The van der Waals surface area contributed by atoms with Gasteiger partial charge in [0.25, 0.3) is 0 Å². The predicted molar refractivity (Wildman–Crippen MR) is 87.5 cm³/mol. The van der Waals surface area contributed by atoms with Crippen molar-refractivity contribution in [1.29, 1.82) is 0 Å². The number of aromatic nitrogens is 2. The average molecular weight is 330 g/mol. The molecule has 7 nitrogen and oxygen atoms in total. The van der Waals surface area contributed by atoms with Gasteiger partial charge in [-0.25, -0.2) is 9.42 Å². The summed E-state index contributed by atoms with van der Waals surface area (Å²) >= 11 is 0. The van der Waals surface area contributed by atoms with Crippen molar-refractivity contribution in [2.75, 3.05) is 13.7 Å². The molecule has 7 heteroatoms. The van der Waals surface area contributed by atoms with Crippen LogP contribution in [0.4, 0.5) is 4.79 Å². The molecule has 0 aliphatic carbocycles. The van der Waals surface area contributed by atoms with Crippen molar-refractivity contribution in [2.45, 2.75) is 32.9 Å². The summed E-state index contributed by atoms with van der Waals surface area (Å²) in [6, 6.07) is 7.84.